The van der Waals surface area contributed by atoms with E-state index in [2.05, 4.69) is 15.0 Å². The van der Waals surface area contributed by atoms with Crippen molar-refractivity contribution >= 4 is 34.2 Å². The van der Waals surface area contributed by atoms with Crippen molar-refractivity contribution in [2.75, 3.05) is 19.6 Å². The Hall–Kier alpha value is -1.64. The number of aliphatic imine (C=N–C) groups is 1. The number of hydrogen-bond acceptors (Lipinski definition) is 5. The molecule has 0 bridgehead atoms. The highest BCUT2D eigenvalue weighted by Gasteiger charge is 2.32. The SMILES string of the molecule is CC(N=C1NS(=O)(=O)c2ccccc21)C(=O)N1CCNC[C@@H]1C.Cl. The van der Waals surface area contributed by atoms with Crippen LogP contribution in [0.25, 0.3) is 0 Å². The van der Waals surface area contributed by atoms with Gasteiger partial charge in [0.2, 0.25) is 5.91 Å². The molecule has 0 aromatic heterocycles. The number of sulfonamides is 1. The van der Waals surface area contributed by atoms with Crippen molar-refractivity contribution in [3.05, 3.63) is 29.8 Å². The van der Waals surface area contributed by atoms with Crippen molar-refractivity contribution in [3.63, 3.8) is 0 Å². The zero-order chi connectivity index (χ0) is 16.6. The summed E-state index contributed by atoms with van der Waals surface area (Å²) in [6.45, 7) is 5.83. The molecule has 3 rings (SSSR count). The van der Waals surface area contributed by atoms with Crippen LogP contribution < -0.4 is 10.0 Å². The van der Waals surface area contributed by atoms with Gasteiger partial charge in [-0.15, -0.1) is 12.4 Å². The zero-order valence-electron chi connectivity index (χ0n) is 13.5. The van der Waals surface area contributed by atoms with E-state index in [4.69, 9.17) is 0 Å². The van der Waals surface area contributed by atoms with E-state index in [1.54, 1.807) is 30.0 Å². The van der Waals surface area contributed by atoms with E-state index in [0.717, 1.165) is 13.1 Å². The van der Waals surface area contributed by atoms with Crippen molar-refractivity contribution in [2.24, 2.45) is 4.99 Å². The molecule has 1 unspecified atom stereocenters. The summed E-state index contributed by atoms with van der Waals surface area (Å²) in [6, 6.07) is 6.10. The highest BCUT2D eigenvalue weighted by Crippen LogP contribution is 2.22. The van der Waals surface area contributed by atoms with Crippen LogP contribution in [0.2, 0.25) is 0 Å². The van der Waals surface area contributed by atoms with Gasteiger partial charge < -0.3 is 10.2 Å². The van der Waals surface area contributed by atoms with Gasteiger partial charge in [-0.2, -0.15) is 0 Å². The summed E-state index contributed by atoms with van der Waals surface area (Å²) < 4.78 is 26.6. The van der Waals surface area contributed by atoms with E-state index in [0.29, 0.717) is 12.1 Å². The molecule has 9 heteroatoms. The lowest BCUT2D eigenvalue weighted by Gasteiger charge is -2.35. The van der Waals surface area contributed by atoms with Gasteiger partial charge in [-0.25, -0.2) is 8.42 Å². The number of amidine groups is 1. The molecule has 1 saturated heterocycles. The third kappa shape index (κ3) is 3.40. The highest BCUT2D eigenvalue weighted by molar-refractivity contribution is 7.90. The second-order valence-electron chi connectivity index (χ2n) is 5.84. The van der Waals surface area contributed by atoms with Gasteiger partial charge >= 0.3 is 0 Å². The van der Waals surface area contributed by atoms with Gasteiger partial charge in [0, 0.05) is 31.2 Å². The molecule has 2 heterocycles. The molecule has 1 amide bonds. The topological polar surface area (TPSA) is 90.9 Å². The average molecular weight is 373 g/mol. The van der Waals surface area contributed by atoms with Crippen LogP contribution in [0.5, 0.6) is 0 Å². The van der Waals surface area contributed by atoms with Crippen molar-refractivity contribution in [2.45, 2.75) is 30.8 Å². The summed E-state index contributed by atoms with van der Waals surface area (Å²) in [6.07, 6.45) is 0. The van der Waals surface area contributed by atoms with E-state index < -0.39 is 16.1 Å². The first-order valence-corrected chi connectivity index (χ1v) is 9.09. The Morgan fingerprint density at radius 1 is 1.38 bits per heavy atom. The van der Waals surface area contributed by atoms with E-state index in [1.165, 1.54) is 6.07 Å². The maximum absolute atomic E-state index is 12.6. The third-order valence-electron chi connectivity index (χ3n) is 4.13. The zero-order valence-corrected chi connectivity index (χ0v) is 15.2. The molecule has 2 aliphatic rings. The van der Waals surface area contributed by atoms with Gasteiger partial charge in [-0.1, -0.05) is 12.1 Å². The Balaban J connectivity index is 0.00000208. The van der Waals surface area contributed by atoms with Crippen molar-refractivity contribution in [1.82, 2.24) is 14.9 Å². The molecule has 1 aromatic rings. The smallest absolute Gasteiger partial charge is 0.263 e. The molecule has 7 nitrogen and oxygen atoms in total. The number of rotatable bonds is 2. The van der Waals surface area contributed by atoms with E-state index in [1.807, 2.05) is 6.92 Å². The number of carbonyl (C=O) groups excluding carboxylic acids is 1. The van der Waals surface area contributed by atoms with E-state index >= 15 is 0 Å². The molecule has 0 aliphatic carbocycles. The molecular formula is C15H21ClN4O3S. The fourth-order valence-electron chi connectivity index (χ4n) is 2.89. The Kier molecular flexibility index (Phi) is 5.52. The van der Waals surface area contributed by atoms with Crippen LogP contribution >= 0.6 is 12.4 Å². The van der Waals surface area contributed by atoms with Crippen LogP contribution in [-0.2, 0) is 14.8 Å². The molecule has 2 N–H and O–H groups in total. The first-order valence-electron chi connectivity index (χ1n) is 7.61. The summed E-state index contributed by atoms with van der Waals surface area (Å²) in [5.74, 6) is 0.152. The second-order valence-corrected chi connectivity index (χ2v) is 7.49. The van der Waals surface area contributed by atoms with E-state index in [9.17, 15) is 13.2 Å². The molecule has 2 atom stereocenters. The number of nitrogens with one attached hydrogen (secondary N) is 2. The Bertz CT molecular complexity index is 766. The first kappa shape index (κ1) is 18.7. The van der Waals surface area contributed by atoms with Gasteiger partial charge in [0.05, 0.1) is 4.90 Å². The molecule has 132 valence electrons. The van der Waals surface area contributed by atoms with Gasteiger partial charge in [0.25, 0.3) is 10.0 Å². The molecule has 1 aromatic carbocycles. The number of piperazine rings is 1. The Morgan fingerprint density at radius 3 is 2.79 bits per heavy atom. The van der Waals surface area contributed by atoms with E-state index in [-0.39, 0.29) is 35.1 Å². The number of hydrogen-bond donors (Lipinski definition) is 2. The van der Waals surface area contributed by atoms with Crippen LogP contribution in [0.3, 0.4) is 0 Å². The molecule has 1 fully saturated rings. The molecule has 2 aliphatic heterocycles. The summed E-state index contributed by atoms with van der Waals surface area (Å²) in [5, 5.41) is 3.23. The maximum Gasteiger partial charge on any atom is 0.263 e. The maximum atomic E-state index is 12.6. The standard InChI is InChI=1S/C15H20N4O3S.ClH/c1-10-9-16-7-8-19(10)15(20)11(2)17-14-12-5-3-4-6-13(12)23(21,22)18-14;/h3-6,10-11,16H,7-9H2,1-2H3,(H,17,18);1H/t10-,11?;/m0./s1. The van der Waals surface area contributed by atoms with Crippen LogP contribution in [0.1, 0.15) is 19.4 Å². The monoisotopic (exact) mass is 372 g/mol. The van der Waals surface area contributed by atoms with Gasteiger partial charge in [0.15, 0.2) is 0 Å². The van der Waals surface area contributed by atoms with Crippen LogP contribution in [0, 0.1) is 0 Å². The minimum absolute atomic E-state index is 0. The Morgan fingerprint density at radius 2 is 2.08 bits per heavy atom. The molecular weight excluding hydrogens is 352 g/mol. The normalized spacial score (nSPS) is 24.7. The minimum atomic E-state index is -3.58. The van der Waals surface area contributed by atoms with Crippen molar-refractivity contribution in [1.29, 1.82) is 0 Å². The largest absolute Gasteiger partial charge is 0.336 e. The van der Waals surface area contributed by atoms with Gasteiger partial charge in [-0.3, -0.25) is 14.5 Å². The third-order valence-corrected chi connectivity index (χ3v) is 5.52. The van der Waals surface area contributed by atoms with Crippen molar-refractivity contribution in [3.8, 4) is 0 Å². The number of nitrogens with zero attached hydrogens (tertiary/aromatic N) is 2. The van der Waals surface area contributed by atoms with Crippen molar-refractivity contribution < 1.29 is 13.2 Å². The van der Waals surface area contributed by atoms with Crippen LogP contribution in [0.15, 0.2) is 34.2 Å². The number of fused-ring (bicyclic) bond motifs is 1. The molecule has 24 heavy (non-hydrogen) atoms. The summed E-state index contributed by atoms with van der Waals surface area (Å²) >= 11 is 0. The Labute approximate surface area is 148 Å². The highest BCUT2D eigenvalue weighted by atomic mass is 35.5. The summed E-state index contributed by atoms with van der Waals surface area (Å²) in [4.78, 5) is 18.9. The lowest BCUT2D eigenvalue weighted by atomic mass is 10.1. The number of benzene rings is 1. The quantitative estimate of drug-likeness (QED) is 0.784. The van der Waals surface area contributed by atoms with Crippen LogP contribution in [-0.4, -0.2) is 56.8 Å². The average Bonchev–Trinajstić information content (AvgIpc) is 2.78. The predicted octanol–water partition coefficient (Wildman–Crippen LogP) is 0.356. The number of amides is 1. The molecule has 0 radical (unpaired) electrons. The predicted molar refractivity (Wildman–Crippen MR) is 94.1 cm³/mol. The van der Waals surface area contributed by atoms with Gasteiger partial charge in [0.1, 0.15) is 11.9 Å². The van der Waals surface area contributed by atoms with Crippen LogP contribution in [0.4, 0.5) is 0 Å². The number of carbonyl (C=O) groups is 1. The lowest BCUT2D eigenvalue weighted by molar-refractivity contribution is -0.134. The first-order chi connectivity index (χ1) is 10.9. The fourth-order valence-corrected chi connectivity index (χ4v) is 4.13. The number of halogens is 1. The summed E-state index contributed by atoms with van der Waals surface area (Å²) in [7, 11) is -3.58. The summed E-state index contributed by atoms with van der Waals surface area (Å²) in [5.41, 5.74) is 0.514. The minimum Gasteiger partial charge on any atom is -0.336 e. The molecule has 0 spiro atoms. The molecule has 0 saturated carbocycles. The van der Waals surface area contributed by atoms with Gasteiger partial charge in [-0.05, 0) is 26.0 Å². The lowest BCUT2D eigenvalue weighted by Crippen LogP contribution is -2.54. The second kappa shape index (κ2) is 7.08. The fraction of sp³-hybridized carbons (Fsp3) is 0.467.